The number of carbonyl (C=O) groups excluding carboxylic acids is 1. The van der Waals surface area contributed by atoms with Gasteiger partial charge in [-0.1, -0.05) is 11.6 Å². The summed E-state index contributed by atoms with van der Waals surface area (Å²) in [6.07, 6.45) is 1.62. The van der Waals surface area contributed by atoms with E-state index in [0.717, 1.165) is 9.83 Å². The van der Waals surface area contributed by atoms with Gasteiger partial charge < -0.3 is 5.32 Å². The molecule has 1 rings (SSSR count). The van der Waals surface area contributed by atoms with Crippen LogP contribution in [0.3, 0.4) is 0 Å². The molecule has 8 heteroatoms. The van der Waals surface area contributed by atoms with Crippen LogP contribution in [0.25, 0.3) is 0 Å². The second-order valence-corrected chi connectivity index (χ2v) is 7.31. The highest BCUT2D eigenvalue weighted by molar-refractivity contribution is 14.1. The van der Waals surface area contributed by atoms with Crippen LogP contribution in [0.5, 0.6) is 0 Å². The summed E-state index contributed by atoms with van der Waals surface area (Å²) in [6, 6.07) is 5.06. The molecule has 0 aliphatic rings. The Morgan fingerprint density at radius 3 is 2.63 bits per heavy atom. The van der Waals surface area contributed by atoms with Crippen LogP contribution in [0.1, 0.15) is 16.8 Å². The summed E-state index contributed by atoms with van der Waals surface area (Å²) in [4.78, 5) is 11.8. The fraction of sp³-hybridized carbons (Fsp3) is 0.364. The maximum absolute atomic E-state index is 11.8. The van der Waals surface area contributed by atoms with Gasteiger partial charge in [0.05, 0.1) is 11.3 Å². The fourth-order valence-corrected chi connectivity index (χ4v) is 2.32. The van der Waals surface area contributed by atoms with Crippen LogP contribution in [-0.2, 0) is 10.0 Å². The van der Waals surface area contributed by atoms with Crippen molar-refractivity contribution in [1.29, 1.82) is 0 Å². The van der Waals surface area contributed by atoms with E-state index in [2.05, 4.69) is 32.6 Å². The van der Waals surface area contributed by atoms with Gasteiger partial charge >= 0.3 is 0 Å². The predicted molar refractivity (Wildman–Crippen MR) is 84.0 cm³/mol. The number of carbonyl (C=O) groups is 1. The summed E-state index contributed by atoms with van der Waals surface area (Å²) in [5.74, 6) is -0.224. The van der Waals surface area contributed by atoms with Crippen LogP contribution >= 0.6 is 34.2 Å². The van der Waals surface area contributed by atoms with Crippen molar-refractivity contribution in [3.05, 3.63) is 32.4 Å². The first-order chi connectivity index (χ1) is 8.79. The topological polar surface area (TPSA) is 75.3 Å². The van der Waals surface area contributed by atoms with Crippen LogP contribution in [0, 0.1) is 3.57 Å². The van der Waals surface area contributed by atoms with Gasteiger partial charge in [-0.3, -0.25) is 4.79 Å². The number of nitrogens with one attached hydrogen (secondary N) is 2. The molecule has 0 aliphatic heterocycles. The first-order valence-corrected chi connectivity index (χ1v) is 8.82. The van der Waals surface area contributed by atoms with Crippen molar-refractivity contribution in [2.24, 2.45) is 0 Å². The number of halogens is 2. The zero-order chi connectivity index (χ0) is 14.5. The van der Waals surface area contributed by atoms with Gasteiger partial charge in [0.15, 0.2) is 0 Å². The van der Waals surface area contributed by atoms with Crippen LogP contribution in [-0.4, -0.2) is 33.7 Å². The largest absolute Gasteiger partial charge is 0.352 e. The third-order valence-electron chi connectivity index (χ3n) is 2.19. The number of sulfonamides is 1. The van der Waals surface area contributed by atoms with Crippen molar-refractivity contribution in [3.8, 4) is 0 Å². The lowest BCUT2D eigenvalue weighted by molar-refractivity contribution is 0.0953. The molecule has 106 valence electrons. The average Bonchev–Trinajstić information content (AvgIpc) is 2.30. The van der Waals surface area contributed by atoms with E-state index in [1.807, 2.05) is 0 Å². The first kappa shape index (κ1) is 16.7. The SMILES string of the molecule is CS(=O)(=O)NCCCNC(=O)c1ccc(I)c(Cl)c1. The van der Waals surface area contributed by atoms with E-state index in [0.29, 0.717) is 30.1 Å². The summed E-state index contributed by atoms with van der Waals surface area (Å²) >= 11 is 8.01. The Morgan fingerprint density at radius 1 is 1.37 bits per heavy atom. The zero-order valence-corrected chi connectivity index (χ0v) is 14.0. The molecule has 19 heavy (non-hydrogen) atoms. The van der Waals surface area contributed by atoms with Crippen molar-refractivity contribution in [1.82, 2.24) is 10.0 Å². The van der Waals surface area contributed by atoms with E-state index >= 15 is 0 Å². The molecule has 0 heterocycles. The average molecular weight is 417 g/mol. The molecular formula is C11H14ClIN2O3S. The van der Waals surface area contributed by atoms with Gasteiger partial charge in [-0.25, -0.2) is 13.1 Å². The van der Waals surface area contributed by atoms with Crippen LogP contribution in [0.4, 0.5) is 0 Å². The highest BCUT2D eigenvalue weighted by atomic mass is 127. The number of hydrogen-bond donors (Lipinski definition) is 2. The van der Waals surface area contributed by atoms with Crippen LogP contribution in [0.2, 0.25) is 5.02 Å². The summed E-state index contributed by atoms with van der Waals surface area (Å²) in [5.41, 5.74) is 0.487. The standard InChI is InChI=1S/C11H14ClIN2O3S/c1-19(17,18)15-6-2-5-14-11(16)8-3-4-10(13)9(12)7-8/h3-4,7,15H,2,5-6H2,1H3,(H,14,16). The second kappa shape index (κ2) is 7.41. The van der Waals surface area contributed by atoms with E-state index in [4.69, 9.17) is 11.6 Å². The molecule has 0 aromatic heterocycles. The molecular weight excluding hydrogens is 403 g/mol. The molecule has 1 aromatic rings. The summed E-state index contributed by atoms with van der Waals surface area (Å²) in [5, 5.41) is 3.23. The van der Waals surface area contributed by atoms with Crippen LogP contribution < -0.4 is 10.0 Å². The smallest absolute Gasteiger partial charge is 0.251 e. The Morgan fingerprint density at radius 2 is 2.05 bits per heavy atom. The predicted octanol–water partition coefficient (Wildman–Crippen LogP) is 1.61. The molecule has 1 amide bonds. The van der Waals surface area contributed by atoms with E-state index in [1.54, 1.807) is 18.2 Å². The van der Waals surface area contributed by atoms with Gasteiger partial charge in [0, 0.05) is 22.2 Å². The van der Waals surface area contributed by atoms with E-state index in [1.165, 1.54) is 0 Å². The normalized spacial score (nSPS) is 11.3. The Kier molecular flexibility index (Phi) is 6.51. The van der Waals surface area contributed by atoms with Gasteiger partial charge in [-0.2, -0.15) is 0 Å². The minimum Gasteiger partial charge on any atom is -0.352 e. The highest BCUT2D eigenvalue weighted by Gasteiger charge is 2.07. The lowest BCUT2D eigenvalue weighted by Crippen LogP contribution is -2.29. The Bertz CT molecular complexity index is 563. The van der Waals surface area contributed by atoms with E-state index in [-0.39, 0.29) is 5.91 Å². The summed E-state index contributed by atoms with van der Waals surface area (Å²) in [7, 11) is -3.17. The monoisotopic (exact) mass is 416 g/mol. The van der Waals surface area contributed by atoms with Gasteiger partial charge in [-0.15, -0.1) is 0 Å². The van der Waals surface area contributed by atoms with Crippen molar-refractivity contribution < 1.29 is 13.2 Å². The summed E-state index contributed by atoms with van der Waals surface area (Å²) < 4.78 is 24.8. The molecule has 0 spiro atoms. The minimum absolute atomic E-state index is 0.224. The Hall–Kier alpha value is -0.380. The van der Waals surface area contributed by atoms with Crippen molar-refractivity contribution >= 4 is 50.1 Å². The Labute approximate surface area is 131 Å². The van der Waals surface area contributed by atoms with Crippen LogP contribution in [0.15, 0.2) is 18.2 Å². The maximum atomic E-state index is 11.8. The third-order valence-corrected chi connectivity index (χ3v) is 4.49. The lowest BCUT2D eigenvalue weighted by atomic mass is 10.2. The minimum atomic E-state index is -3.17. The fourth-order valence-electron chi connectivity index (χ4n) is 1.29. The van der Waals surface area contributed by atoms with Crippen molar-refractivity contribution in [3.63, 3.8) is 0 Å². The molecule has 0 radical (unpaired) electrons. The summed E-state index contributed by atoms with van der Waals surface area (Å²) in [6.45, 7) is 0.692. The molecule has 0 saturated heterocycles. The maximum Gasteiger partial charge on any atom is 0.251 e. The molecule has 0 unspecified atom stereocenters. The molecule has 0 atom stereocenters. The third kappa shape index (κ3) is 6.55. The molecule has 1 aromatic carbocycles. The first-order valence-electron chi connectivity index (χ1n) is 5.47. The quantitative estimate of drug-likeness (QED) is 0.546. The second-order valence-electron chi connectivity index (χ2n) is 3.90. The van der Waals surface area contributed by atoms with E-state index in [9.17, 15) is 13.2 Å². The molecule has 0 saturated carbocycles. The van der Waals surface area contributed by atoms with Gasteiger partial charge in [0.25, 0.3) is 5.91 Å². The molecule has 0 aliphatic carbocycles. The number of hydrogen-bond acceptors (Lipinski definition) is 3. The number of rotatable bonds is 6. The molecule has 0 fully saturated rings. The van der Waals surface area contributed by atoms with Crippen molar-refractivity contribution in [2.75, 3.05) is 19.3 Å². The Balaban J connectivity index is 2.37. The lowest BCUT2D eigenvalue weighted by Gasteiger charge is -2.06. The number of amides is 1. The highest BCUT2D eigenvalue weighted by Crippen LogP contribution is 2.19. The zero-order valence-electron chi connectivity index (χ0n) is 10.2. The van der Waals surface area contributed by atoms with Gasteiger partial charge in [0.1, 0.15) is 0 Å². The van der Waals surface area contributed by atoms with Crippen molar-refractivity contribution in [2.45, 2.75) is 6.42 Å². The van der Waals surface area contributed by atoms with Gasteiger partial charge in [0.2, 0.25) is 10.0 Å². The van der Waals surface area contributed by atoms with E-state index < -0.39 is 10.0 Å². The molecule has 0 bridgehead atoms. The van der Waals surface area contributed by atoms with Gasteiger partial charge in [-0.05, 0) is 47.2 Å². The number of benzene rings is 1. The molecule has 5 nitrogen and oxygen atoms in total. The molecule has 2 N–H and O–H groups in total.